The van der Waals surface area contributed by atoms with Gasteiger partial charge in [-0.1, -0.05) is 0 Å². The summed E-state index contributed by atoms with van der Waals surface area (Å²) in [5, 5.41) is 2.99. The van der Waals surface area contributed by atoms with Crippen LogP contribution in [0.25, 0.3) is 0 Å². The second-order valence-electron chi connectivity index (χ2n) is 5.38. The molecule has 1 aliphatic heterocycles. The molecular formula is C17H21N3O3S. The van der Waals surface area contributed by atoms with Crippen LogP contribution in [0.15, 0.2) is 35.8 Å². The quantitative estimate of drug-likeness (QED) is 0.802. The molecule has 0 radical (unpaired) electrons. The second kappa shape index (κ2) is 8.01. The predicted octanol–water partition coefficient (Wildman–Crippen LogP) is 2.27. The molecule has 1 aromatic heterocycles. The number of hydrogen-bond acceptors (Lipinski definition) is 6. The van der Waals surface area contributed by atoms with Gasteiger partial charge in [-0.2, -0.15) is 0 Å². The van der Waals surface area contributed by atoms with E-state index in [2.05, 4.69) is 9.88 Å². The number of carbonyl (C=O) groups is 1. The van der Waals surface area contributed by atoms with Crippen LogP contribution in [0.3, 0.4) is 0 Å². The Hall–Kier alpha value is -2.28. The summed E-state index contributed by atoms with van der Waals surface area (Å²) in [6.07, 6.45) is 1.81. The number of benzene rings is 1. The smallest absolute Gasteiger partial charge is 0.260 e. The van der Waals surface area contributed by atoms with E-state index >= 15 is 0 Å². The summed E-state index contributed by atoms with van der Waals surface area (Å²) in [6.45, 7) is 5.65. The molecule has 24 heavy (non-hydrogen) atoms. The topological polar surface area (TPSA) is 54.9 Å². The molecule has 0 saturated carbocycles. The minimum atomic E-state index is 0.0164. The highest BCUT2D eigenvalue weighted by Gasteiger charge is 2.22. The van der Waals surface area contributed by atoms with E-state index in [1.54, 1.807) is 11.3 Å². The molecule has 1 fully saturated rings. The van der Waals surface area contributed by atoms with Crippen LogP contribution >= 0.6 is 11.3 Å². The lowest BCUT2D eigenvalue weighted by atomic mass is 10.3. The normalized spacial score (nSPS) is 14.5. The number of thiazole rings is 1. The van der Waals surface area contributed by atoms with E-state index in [4.69, 9.17) is 9.47 Å². The third-order valence-corrected chi connectivity index (χ3v) is 4.65. The van der Waals surface area contributed by atoms with Gasteiger partial charge in [0, 0.05) is 37.8 Å². The van der Waals surface area contributed by atoms with E-state index < -0.39 is 0 Å². The van der Waals surface area contributed by atoms with E-state index in [0.29, 0.717) is 25.4 Å². The van der Waals surface area contributed by atoms with Crippen LogP contribution in [0.1, 0.15) is 6.92 Å². The first-order chi connectivity index (χ1) is 11.8. The fourth-order valence-corrected chi connectivity index (χ4v) is 3.25. The monoisotopic (exact) mass is 347 g/mol. The molecule has 0 spiro atoms. The number of nitrogens with zero attached hydrogens (tertiary/aromatic N) is 3. The van der Waals surface area contributed by atoms with Gasteiger partial charge in [-0.25, -0.2) is 4.98 Å². The molecule has 1 amide bonds. The Kier molecular flexibility index (Phi) is 5.53. The first-order valence-electron chi connectivity index (χ1n) is 8.04. The van der Waals surface area contributed by atoms with Gasteiger partial charge in [-0.05, 0) is 31.2 Å². The Morgan fingerprint density at radius 3 is 2.38 bits per heavy atom. The molecule has 2 aromatic rings. The SMILES string of the molecule is CCOc1ccc(OCC(=O)N2CCN(c3nccs3)CC2)cc1. The largest absolute Gasteiger partial charge is 0.494 e. The van der Waals surface area contributed by atoms with Crippen LogP contribution in [-0.2, 0) is 4.79 Å². The van der Waals surface area contributed by atoms with Gasteiger partial charge in [-0.3, -0.25) is 4.79 Å². The molecule has 1 saturated heterocycles. The molecule has 0 atom stereocenters. The van der Waals surface area contributed by atoms with Gasteiger partial charge >= 0.3 is 0 Å². The number of anilines is 1. The maximum Gasteiger partial charge on any atom is 0.260 e. The average Bonchev–Trinajstić information content (AvgIpc) is 3.16. The van der Waals surface area contributed by atoms with Crippen molar-refractivity contribution in [3.8, 4) is 11.5 Å². The Morgan fingerprint density at radius 2 is 1.79 bits per heavy atom. The lowest BCUT2D eigenvalue weighted by molar-refractivity contribution is -0.133. The molecule has 1 aliphatic rings. The number of ether oxygens (including phenoxy) is 2. The van der Waals surface area contributed by atoms with Gasteiger partial charge in [0.25, 0.3) is 5.91 Å². The zero-order chi connectivity index (χ0) is 16.8. The molecule has 1 aromatic carbocycles. The fraction of sp³-hybridized carbons (Fsp3) is 0.412. The third-order valence-electron chi connectivity index (χ3n) is 3.82. The summed E-state index contributed by atoms with van der Waals surface area (Å²) in [5.74, 6) is 1.49. The molecule has 7 heteroatoms. The first kappa shape index (κ1) is 16.6. The molecule has 0 N–H and O–H groups in total. The van der Waals surface area contributed by atoms with E-state index in [0.717, 1.165) is 24.0 Å². The van der Waals surface area contributed by atoms with Crippen LogP contribution < -0.4 is 14.4 Å². The Bertz CT molecular complexity index is 638. The summed E-state index contributed by atoms with van der Waals surface area (Å²) >= 11 is 1.63. The number of amides is 1. The molecule has 0 aliphatic carbocycles. The molecule has 0 bridgehead atoms. The average molecular weight is 347 g/mol. The van der Waals surface area contributed by atoms with E-state index in [1.165, 1.54) is 0 Å². The number of aromatic nitrogens is 1. The van der Waals surface area contributed by atoms with Crippen molar-refractivity contribution in [3.63, 3.8) is 0 Å². The Labute approximate surface area is 145 Å². The van der Waals surface area contributed by atoms with Crippen molar-refractivity contribution in [2.75, 3.05) is 44.3 Å². The van der Waals surface area contributed by atoms with Gasteiger partial charge in [0.05, 0.1) is 6.61 Å². The highest BCUT2D eigenvalue weighted by Crippen LogP contribution is 2.20. The summed E-state index contributed by atoms with van der Waals surface area (Å²) in [6, 6.07) is 7.32. The van der Waals surface area contributed by atoms with Crippen LogP contribution in [0.2, 0.25) is 0 Å². The third kappa shape index (κ3) is 4.17. The zero-order valence-corrected chi connectivity index (χ0v) is 14.5. The summed E-state index contributed by atoms with van der Waals surface area (Å²) in [5.41, 5.74) is 0. The zero-order valence-electron chi connectivity index (χ0n) is 13.7. The molecule has 6 nitrogen and oxygen atoms in total. The van der Waals surface area contributed by atoms with Crippen LogP contribution in [0.4, 0.5) is 5.13 Å². The van der Waals surface area contributed by atoms with Gasteiger partial charge in [0.15, 0.2) is 11.7 Å². The van der Waals surface area contributed by atoms with Gasteiger partial charge in [0.1, 0.15) is 11.5 Å². The minimum absolute atomic E-state index is 0.0164. The highest BCUT2D eigenvalue weighted by molar-refractivity contribution is 7.13. The molecular weight excluding hydrogens is 326 g/mol. The maximum atomic E-state index is 12.3. The van der Waals surface area contributed by atoms with Crippen LogP contribution in [0, 0.1) is 0 Å². The summed E-state index contributed by atoms with van der Waals surface area (Å²) in [7, 11) is 0. The lowest BCUT2D eigenvalue weighted by Gasteiger charge is -2.34. The Balaban J connectivity index is 1.44. The Morgan fingerprint density at radius 1 is 1.12 bits per heavy atom. The van der Waals surface area contributed by atoms with Crippen molar-refractivity contribution >= 4 is 22.4 Å². The van der Waals surface area contributed by atoms with Gasteiger partial charge < -0.3 is 19.3 Å². The minimum Gasteiger partial charge on any atom is -0.494 e. The number of carbonyl (C=O) groups excluding carboxylic acids is 1. The van der Waals surface area contributed by atoms with Crippen molar-refractivity contribution in [2.45, 2.75) is 6.92 Å². The van der Waals surface area contributed by atoms with E-state index in [-0.39, 0.29) is 12.5 Å². The number of rotatable bonds is 6. The number of piperazine rings is 1. The van der Waals surface area contributed by atoms with Crippen molar-refractivity contribution in [2.24, 2.45) is 0 Å². The number of hydrogen-bond donors (Lipinski definition) is 0. The molecule has 128 valence electrons. The van der Waals surface area contributed by atoms with Gasteiger partial charge in [-0.15, -0.1) is 11.3 Å². The van der Waals surface area contributed by atoms with Crippen molar-refractivity contribution in [3.05, 3.63) is 35.8 Å². The van der Waals surface area contributed by atoms with Crippen molar-refractivity contribution in [1.82, 2.24) is 9.88 Å². The van der Waals surface area contributed by atoms with E-state index in [9.17, 15) is 4.79 Å². The summed E-state index contributed by atoms with van der Waals surface area (Å²) < 4.78 is 11.0. The van der Waals surface area contributed by atoms with Crippen molar-refractivity contribution < 1.29 is 14.3 Å². The first-order valence-corrected chi connectivity index (χ1v) is 8.92. The molecule has 3 rings (SSSR count). The molecule has 0 unspecified atom stereocenters. The van der Waals surface area contributed by atoms with Gasteiger partial charge in [0.2, 0.25) is 0 Å². The second-order valence-corrected chi connectivity index (χ2v) is 6.25. The maximum absolute atomic E-state index is 12.3. The highest BCUT2D eigenvalue weighted by atomic mass is 32.1. The summed E-state index contributed by atoms with van der Waals surface area (Å²) in [4.78, 5) is 20.6. The molecule has 2 heterocycles. The van der Waals surface area contributed by atoms with E-state index in [1.807, 2.05) is 47.7 Å². The van der Waals surface area contributed by atoms with Crippen molar-refractivity contribution in [1.29, 1.82) is 0 Å². The standard InChI is InChI=1S/C17H21N3O3S/c1-2-22-14-3-5-15(6-4-14)23-13-16(21)19-8-10-20(11-9-19)17-18-7-12-24-17/h3-7,12H,2,8-11,13H2,1H3. The van der Waals surface area contributed by atoms with Crippen LogP contribution in [0.5, 0.6) is 11.5 Å². The van der Waals surface area contributed by atoms with Crippen LogP contribution in [-0.4, -0.2) is 55.2 Å². The lowest BCUT2D eigenvalue weighted by Crippen LogP contribution is -2.50. The predicted molar refractivity (Wildman–Crippen MR) is 94.0 cm³/mol. The fourth-order valence-electron chi connectivity index (χ4n) is 2.55.